The molecule has 4 N–H and O–H groups in total. The summed E-state index contributed by atoms with van der Waals surface area (Å²) in [5.41, 5.74) is 6.14. The summed E-state index contributed by atoms with van der Waals surface area (Å²) >= 11 is 0. The molecule has 0 aromatic carbocycles. The summed E-state index contributed by atoms with van der Waals surface area (Å²) in [6, 6.07) is -0.541. The Morgan fingerprint density at radius 1 is 1.16 bits per heavy atom. The summed E-state index contributed by atoms with van der Waals surface area (Å²) < 4.78 is 0. The van der Waals surface area contributed by atoms with Crippen molar-refractivity contribution in [3.05, 3.63) is 0 Å². The van der Waals surface area contributed by atoms with E-state index in [4.69, 9.17) is 10.8 Å². The Labute approximate surface area is 112 Å². The topological polar surface area (TPSA) is 92.4 Å². The zero-order chi connectivity index (χ0) is 13.6. The molecule has 4 aliphatic carbocycles. The van der Waals surface area contributed by atoms with Gasteiger partial charge in [-0.2, -0.15) is 0 Å². The van der Waals surface area contributed by atoms with Crippen molar-refractivity contribution in [1.82, 2.24) is 5.32 Å². The number of hydrogen-bond acceptors (Lipinski definition) is 3. The highest BCUT2D eigenvalue weighted by atomic mass is 16.4. The molecule has 0 aromatic rings. The van der Waals surface area contributed by atoms with Crippen LogP contribution in [0.5, 0.6) is 0 Å². The second-order valence-electron chi connectivity index (χ2n) is 6.87. The molecule has 1 unspecified atom stereocenters. The molecular formula is C14H22N2O3. The van der Waals surface area contributed by atoms with Gasteiger partial charge in [-0.15, -0.1) is 0 Å². The smallest absolute Gasteiger partial charge is 0.322 e. The van der Waals surface area contributed by atoms with Crippen LogP contribution < -0.4 is 11.1 Å². The van der Waals surface area contributed by atoms with Crippen LogP contribution in [-0.2, 0) is 9.59 Å². The highest BCUT2D eigenvalue weighted by Gasteiger charge is 2.54. The fraction of sp³-hybridized carbons (Fsp3) is 0.857. The zero-order valence-electron chi connectivity index (χ0n) is 11.1. The maximum atomic E-state index is 12.1. The lowest BCUT2D eigenvalue weighted by molar-refractivity contribution is -0.140. The highest BCUT2D eigenvalue weighted by Crippen LogP contribution is 2.60. The molecule has 5 nitrogen and oxygen atoms in total. The normalized spacial score (nSPS) is 41.0. The molecular weight excluding hydrogens is 244 g/mol. The molecule has 1 amide bonds. The largest absolute Gasteiger partial charge is 0.480 e. The second kappa shape index (κ2) is 4.47. The Hall–Kier alpha value is -1.10. The number of hydrogen-bond donors (Lipinski definition) is 3. The molecule has 1 atom stereocenters. The van der Waals surface area contributed by atoms with Gasteiger partial charge in [0.2, 0.25) is 5.91 Å². The van der Waals surface area contributed by atoms with Crippen LogP contribution in [0.4, 0.5) is 0 Å². The van der Waals surface area contributed by atoms with E-state index in [1.54, 1.807) is 0 Å². The predicted octanol–water partition coefficient (Wildman–Crippen LogP) is 0.731. The summed E-state index contributed by atoms with van der Waals surface area (Å²) in [6.07, 6.45) is 7.09. The number of carboxylic acid groups (broad SMARTS) is 1. The van der Waals surface area contributed by atoms with Crippen molar-refractivity contribution in [2.75, 3.05) is 6.54 Å². The number of rotatable bonds is 4. The lowest BCUT2D eigenvalue weighted by Gasteiger charge is -2.58. The Bertz CT molecular complexity index is 372. The molecule has 0 spiro atoms. The van der Waals surface area contributed by atoms with Crippen LogP contribution in [0, 0.1) is 23.2 Å². The summed E-state index contributed by atoms with van der Waals surface area (Å²) in [7, 11) is 0. The lowest BCUT2D eigenvalue weighted by Crippen LogP contribution is -2.59. The van der Waals surface area contributed by atoms with Crippen molar-refractivity contribution >= 4 is 11.9 Å². The molecule has 4 aliphatic rings. The number of amides is 1. The van der Waals surface area contributed by atoms with Crippen LogP contribution in [0.25, 0.3) is 0 Å². The average molecular weight is 266 g/mol. The van der Waals surface area contributed by atoms with Gasteiger partial charge < -0.3 is 16.2 Å². The maximum Gasteiger partial charge on any atom is 0.322 e. The van der Waals surface area contributed by atoms with E-state index in [0.29, 0.717) is 0 Å². The van der Waals surface area contributed by atoms with Crippen LogP contribution in [0.3, 0.4) is 0 Å². The summed E-state index contributed by atoms with van der Waals surface area (Å²) in [6.45, 7) is -0.334. The summed E-state index contributed by atoms with van der Waals surface area (Å²) in [4.78, 5) is 22.6. The molecule has 0 aromatic heterocycles. The Balaban J connectivity index is 1.70. The molecule has 4 saturated carbocycles. The van der Waals surface area contributed by atoms with Gasteiger partial charge in [0.25, 0.3) is 0 Å². The van der Waals surface area contributed by atoms with Crippen molar-refractivity contribution in [3.8, 4) is 0 Å². The molecule has 4 bridgehead atoms. The number of aliphatic carboxylic acids is 1. The van der Waals surface area contributed by atoms with E-state index in [9.17, 15) is 9.59 Å². The van der Waals surface area contributed by atoms with Gasteiger partial charge in [-0.1, -0.05) is 0 Å². The molecule has 5 heteroatoms. The number of nitrogens with two attached hydrogens (primary N) is 1. The third-order valence-electron chi connectivity index (χ3n) is 5.44. The van der Waals surface area contributed by atoms with Gasteiger partial charge in [0, 0.05) is 0 Å². The average Bonchev–Trinajstić information content (AvgIpc) is 2.33. The molecule has 0 radical (unpaired) electrons. The van der Waals surface area contributed by atoms with Crippen LogP contribution in [-0.4, -0.2) is 29.6 Å². The molecule has 106 valence electrons. The van der Waals surface area contributed by atoms with Gasteiger partial charge in [-0.25, -0.2) is 0 Å². The van der Waals surface area contributed by atoms with E-state index >= 15 is 0 Å². The van der Waals surface area contributed by atoms with Gasteiger partial charge in [0.15, 0.2) is 0 Å². The number of carbonyl (C=O) groups is 2. The third kappa shape index (κ3) is 2.24. The number of nitrogens with one attached hydrogen (secondary N) is 1. The number of carboxylic acids is 1. The maximum absolute atomic E-state index is 12.1. The van der Waals surface area contributed by atoms with Crippen molar-refractivity contribution in [3.63, 3.8) is 0 Å². The molecule has 19 heavy (non-hydrogen) atoms. The van der Waals surface area contributed by atoms with Gasteiger partial charge in [-0.05, 0) is 61.7 Å². The van der Waals surface area contributed by atoms with Crippen molar-refractivity contribution in [1.29, 1.82) is 0 Å². The first-order valence-electron chi connectivity index (χ1n) is 7.23. The van der Waals surface area contributed by atoms with E-state index in [1.165, 1.54) is 19.3 Å². The standard InChI is InChI=1S/C14H22N2O3/c15-12(13(19)16-7-11(17)18)14-4-8-1-9(5-14)3-10(2-8)6-14/h8-10,12H,1-7,15H2,(H,16,19)(H,17,18). The van der Waals surface area contributed by atoms with Crippen LogP contribution in [0.15, 0.2) is 0 Å². The summed E-state index contributed by atoms with van der Waals surface area (Å²) in [5, 5.41) is 11.1. The fourth-order valence-electron chi connectivity index (χ4n) is 5.11. The van der Waals surface area contributed by atoms with Crippen molar-refractivity contribution in [2.24, 2.45) is 28.9 Å². The first kappa shape index (κ1) is 12.9. The van der Waals surface area contributed by atoms with E-state index in [1.807, 2.05) is 0 Å². The predicted molar refractivity (Wildman–Crippen MR) is 69.2 cm³/mol. The van der Waals surface area contributed by atoms with Gasteiger partial charge in [0.05, 0.1) is 6.04 Å². The second-order valence-corrected chi connectivity index (χ2v) is 6.87. The molecule has 0 saturated heterocycles. The quantitative estimate of drug-likeness (QED) is 0.699. The molecule has 0 aliphatic heterocycles. The monoisotopic (exact) mass is 266 g/mol. The summed E-state index contributed by atoms with van der Waals surface area (Å²) in [5.74, 6) is 0.911. The van der Waals surface area contributed by atoms with Crippen LogP contribution in [0.1, 0.15) is 38.5 Å². The lowest BCUT2D eigenvalue weighted by atomic mass is 9.47. The first-order chi connectivity index (χ1) is 8.98. The van der Waals surface area contributed by atoms with Crippen molar-refractivity contribution in [2.45, 2.75) is 44.6 Å². The number of carbonyl (C=O) groups excluding carboxylic acids is 1. The van der Waals surface area contributed by atoms with E-state index in [-0.39, 0.29) is 17.9 Å². The van der Waals surface area contributed by atoms with Crippen LogP contribution in [0.2, 0.25) is 0 Å². The molecule has 4 fully saturated rings. The van der Waals surface area contributed by atoms with E-state index < -0.39 is 12.0 Å². The minimum atomic E-state index is -1.02. The van der Waals surface area contributed by atoms with Gasteiger partial charge in [0.1, 0.15) is 6.54 Å². The SMILES string of the molecule is NC(C(=O)NCC(=O)O)C12CC3CC(CC(C3)C1)C2. The fourth-order valence-corrected chi connectivity index (χ4v) is 5.11. The Morgan fingerprint density at radius 3 is 2.05 bits per heavy atom. The minimum Gasteiger partial charge on any atom is -0.480 e. The van der Waals surface area contributed by atoms with E-state index in [0.717, 1.165) is 37.0 Å². The Morgan fingerprint density at radius 2 is 1.63 bits per heavy atom. The molecule has 0 heterocycles. The van der Waals surface area contributed by atoms with Gasteiger partial charge in [-0.3, -0.25) is 9.59 Å². The zero-order valence-corrected chi connectivity index (χ0v) is 11.1. The minimum absolute atomic E-state index is 0.0582. The van der Waals surface area contributed by atoms with Gasteiger partial charge >= 0.3 is 5.97 Å². The first-order valence-corrected chi connectivity index (χ1v) is 7.23. The Kier molecular flexibility index (Phi) is 3.04. The van der Waals surface area contributed by atoms with E-state index in [2.05, 4.69) is 5.32 Å². The van der Waals surface area contributed by atoms with Crippen molar-refractivity contribution < 1.29 is 14.7 Å². The highest BCUT2D eigenvalue weighted by molar-refractivity contribution is 5.85. The van der Waals surface area contributed by atoms with Crippen LogP contribution >= 0.6 is 0 Å². The molecule has 4 rings (SSSR count). The third-order valence-corrected chi connectivity index (χ3v) is 5.44.